The maximum absolute atomic E-state index is 11.8. The van der Waals surface area contributed by atoms with Gasteiger partial charge in [-0.05, 0) is 35.9 Å². The topological polar surface area (TPSA) is 90.5 Å². The van der Waals surface area contributed by atoms with Crippen LogP contribution in [0.25, 0.3) is 6.08 Å². The van der Waals surface area contributed by atoms with E-state index in [9.17, 15) is 15.0 Å². The van der Waals surface area contributed by atoms with Crippen molar-refractivity contribution in [3.8, 4) is 29.4 Å². The molecule has 0 atom stereocenters. The molecule has 24 heavy (non-hydrogen) atoms. The molecule has 2 aromatic carbocycles. The van der Waals surface area contributed by atoms with Crippen LogP contribution in [0.15, 0.2) is 54.1 Å². The molecule has 0 heterocycles. The van der Waals surface area contributed by atoms with E-state index in [1.807, 2.05) is 30.3 Å². The van der Waals surface area contributed by atoms with E-state index in [-0.39, 0.29) is 23.7 Å². The number of phenols is 2. The van der Waals surface area contributed by atoms with E-state index in [0.717, 1.165) is 5.56 Å². The highest BCUT2D eigenvalue weighted by molar-refractivity contribution is 5.98. The summed E-state index contributed by atoms with van der Waals surface area (Å²) in [5, 5.41) is 27.7. The monoisotopic (exact) mass is 319 g/mol. The number of hydrogen-bond donors (Lipinski definition) is 2. The fraction of sp³-hybridized carbons (Fsp3) is 0.0526. The van der Waals surface area contributed by atoms with Gasteiger partial charge in [0.25, 0.3) is 0 Å². The molecule has 2 aromatic rings. The number of phenolic OH excluding ortho intramolecular Hbond substituents is 2. The number of benzene rings is 2. The lowest BCUT2D eigenvalue weighted by Gasteiger charge is -2.01. The summed E-state index contributed by atoms with van der Waals surface area (Å²) in [7, 11) is 0. The van der Waals surface area contributed by atoms with E-state index >= 15 is 0 Å². The Morgan fingerprint density at radius 1 is 1.12 bits per heavy atom. The molecule has 0 amide bonds. The second-order valence-electron chi connectivity index (χ2n) is 4.66. The lowest BCUT2D eigenvalue weighted by molar-refractivity contribution is -0.137. The highest BCUT2D eigenvalue weighted by Gasteiger charge is 2.10. The molecule has 2 N–H and O–H groups in total. The van der Waals surface area contributed by atoms with Gasteiger partial charge in [0.15, 0.2) is 18.1 Å². The molecule has 0 aliphatic carbocycles. The van der Waals surface area contributed by atoms with Crippen molar-refractivity contribution in [1.82, 2.24) is 0 Å². The van der Waals surface area contributed by atoms with E-state index in [1.165, 1.54) is 24.3 Å². The lowest BCUT2D eigenvalue weighted by atomic mass is 10.1. The van der Waals surface area contributed by atoms with E-state index in [1.54, 1.807) is 6.07 Å². The fourth-order valence-electron chi connectivity index (χ4n) is 1.77. The van der Waals surface area contributed by atoms with Gasteiger partial charge in [-0.3, -0.25) is 0 Å². The van der Waals surface area contributed by atoms with Crippen molar-refractivity contribution in [3.05, 3.63) is 65.2 Å². The minimum Gasteiger partial charge on any atom is -0.504 e. The molecule has 0 saturated heterocycles. The summed E-state index contributed by atoms with van der Waals surface area (Å²) in [6.07, 6.45) is 1.26. The summed E-state index contributed by atoms with van der Waals surface area (Å²) in [5.74, 6) is 4.07. The van der Waals surface area contributed by atoms with Gasteiger partial charge >= 0.3 is 5.97 Å². The minimum atomic E-state index is -0.813. The van der Waals surface area contributed by atoms with Crippen LogP contribution in [0.2, 0.25) is 0 Å². The van der Waals surface area contributed by atoms with Gasteiger partial charge in [-0.25, -0.2) is 4.79 Å². The Hall–Kier alpha value is -3.70. The fourth-order valence-corrected chi connectivity index (χ4v) is 1.77. The zero-order valence-corrected chi connectivity index (χ0v) is 12.6. The predicted molar refractivity (Wildman–Crippen MR) is 87.6 cm³/mol. The molecule has 0 saturated carbocycles. The predicted octanol–water partition coefficient (Wildman–Crippen LogP) is 2.60. The van der Waals surface area contributed by atoms with Crippen molar-refractivity contribution in [3.63, 3.8) is 0 Å². The Bertz CT molecular complexity index is 868. The average molecular weight is 319 g/mol. The van der Waals surface area contributed by atoms with Crippen LogP contribution in [0.4, 0.5) is 0 Å². The van der Waals surface area contributed by atoms with Crippen molar-refractivity contribution < 1.29 is 19.7 Å². The van der Waals surface area contributed by atoms with Crippen molar-refractivity contribution in [2.24, 2.45) is 0 Å². The number of nitrogens with zero attached hydrogens (tertiary/aromatic N) is 1. The third kappa shape index (κ3) is 4.66. The summed E-state index contributed by atoms with van der Waals surface area (Å²) in [6, 6.07) is 14.9. The van der Waals surface area contributed by atoms with Crippen LogP contribution in [-0.2, 0) is 9.53 Å². The third-order valence-electron chi connectivity index (χ3n) is 2.93. The van der Waals surface area contributed by atoms with Gasteiger partial charge in [0.2, 0.25) is 0 Å². The highest BCUT2D eigenvalue weighted by atomic mass is 16.5. The largest absolute Gasteiger partial charge is 0.504 e. The molecule has 2 rings (SSSR count). The SMILES string of the molecule is N#C/C(=C\c1ccc(O)c(O)c1)C(=O)OCC#Cc1ccccc1. The summed E-state index contributed by atoms with van der Waals surface area (Å²) >= 11 is 0. The van der Waals surface area contributed by atoms with Crippen molar-refractivity contribution in [2.75, 3.05) is 6.61 Å². The Labute approximate surface area is 139 Å². The van der Waals surface area contributed by atoms with Crippen LogP contribution in [0.3, 0.4) is 0 Å². The number of rotatable bonds is 3. The van der Waals surface area contributed by atoms with E-state index in [4.69, 9.17) is 10.00 Å². The van der Waals surface area contributed by atoms with Crippen LogP contribution in [-0.4, -0.2) is 22.8 Å². The van der Waals surface area contributed by atoms with Gasteiger partial charge in [-0.1, -0.05) is 36.1 Å². The first-order chi connectivity index (χ1) is 11.6. The quantitative estimate of drug-likeness (QED) is 0.298. The highest BCUT2D eigenvalue weighted by Crippen LogP contribution is 2.25. The van der Waals surface area contributed by atoms with Crippen molar-refractivity contribution >= 4 is 12.0 Å². The number of aromatic hydroxyl groups is 2. The van der Waals surface area contributed by atoms with Crippen LogP contribution in [0, 0.1) is 23.2 Å². The summed E-state index contributed by atoms with van der Waals surface area (Å²) < 4.78 is 4.93. The number of ether oxygens (including phenoxy) is 1. The van der Waals surface area contributed by atoms with Gasteiger partial charge < -0.3 is 14.9 Å². The smallest absolute Gasteiger partial charge is 0.349 e. The molecule has 0 spiro atoms. The molecule has 5 heteroatoms. The molecule has 0 aliphatic rings. The van der Waals surface area contributed by atoms with Crippen LogP contribution < -0.4 is 0 Å². The van der Waals surface area contributed by atoms with E-state index in [2.05, 4.69) is 11.8 Å². The number of esters is 1. The lowest BCUT2D eigenvalue weighted by Crippen LogP contribution is -2.06. The van der Waals surface area contributed by atoms with Crippen molar-refractivity contribution in [2.45, 2.75) is 0 Å². The minimum absolute atomic E-state index is 0.145. The van der Waals surface area contributed by atoms with Crippen LogP contribution in [0.1, 0.15) is 11.1 Å². The molecule has 0 aromatic heterocycles. The maximum Gasteiger partial charge on any atom is 0.349 e. The zero-order chi connectivity index (χ0) is 17.4. The first-order valence-corrected chi connectivity index (χ1v) is 6.95. The van der Waals surface area contributed by atoms with Crippen molar-refractivity contribution in [1.29, 1.82) is 5.26 Å². The zero-order valence-electron chi connectivity index (χ0n) is 12.6. The molecule has 0 bridgehead atoms. The Morgan fingerprint density at radius 3 is 2.54 bits per heavy atom. The number of hydrogen-bond acceptors (Lipinski definition) is 5. The molecule has 0 radical (unpaired) electrons. The van der Waals surface area contributed by atoms with E-state index in [0.29, 0.717) is 5.56 Å². The molecular weight excluding hydrogens is 306 g/mol. The Balaban J connectivity index is 2.01. The molecule has 0 unspecified atom stereocenters. The number of nitriles is 1. The number of carbonyl (C=O) groups is 1. The van der Waals surface area contributed by atoms with Gasteiger partial charge in [-0.15, -0.1) is 0 Å². The van der Waals surface area contributed by atoms with Crippen LogP contribution >= 0.6 is 0 Å². The van der Waals surface area contributed by atoms with Gasteiger partial charge in [-0.2, -0.15) is 5.26 Å². The molecule has 118 valence electrons. The average Bonchev–Trinajstić information content (AvgIpc) is 2.60. The van der Waals surface area contributed by atoms with Gasteiger partial charge in [0, 0.05) is 5.56 Å². The van der Waals surface area contributed by atoms with E-state index < -0.39 is 5.97 Å². The molecule has 0 aliphatic heterocycles. The first-order valence-electron chi connectivity index (χ1n) is 6.95. The first kappa shape index (κ1) is 16.7. The van der Waals surface area contributed by atoms with Crippen LogP contribution in [0.5, 0.6) is 11.5 Å². The second kappa shape index (κ2) is 8.07. The molecule has 5 nitrogen and oxygen atoms in total. The Kier molecular flexibility index (Phi) is 5.60. The summed E-state index contributed by atoms with van der Waals surface area (Å²) in [6.45, 7) is -0.145. The molecular formula is C19H13NO4. The summed E-state index contributed by atoms with van der Waals surface area (Å²) in [5.41, 5.74) is 0.944. The maximum atomic E-state index is 11.8. The number of carbonyl (C=O) groups excluding carboxylic acids is 1. The van der Waals surface area contributed by atoms with Gasteiger partial charge in [0.1, 0.15) is 11.6 Å². The standard InChI is InChI=1S/C19H13NO4/c20-13-16(11-15-8-9-17(21)18(22)12-15)19(23)24-10-4-7-14-5-2-1-3-6-14/h1-3,5-6,8-9,11-12,21-22H,10H2/b16-11+. The normalized spacial score (nSPS) is 10.2. The molecule has 0 fully saturated rings. The Morgan fingerprint density at radius 2 is 1.88 bits per heavy atom. The summed E-state index contributed by atoms with van der Waals surface area (Å²) in [4.78, 5) is 11.8. The van der Waals surface area contributed by atoms with Gasteiger partial charge in [0.05, 0.1) is 0 Å². The third-order valence-corrected chi connectivity index (χ3v) is 2.93. The second-order valence-corrected chi connectivity index (χ2v) is 4.66.